The fraction of sp³-hybridized carbons (Fsp3) is 0.800. The zero-order chi connectivity index (χ0) is 8.69. The second-order valence-electron chi connectivity index (χ2n) is 3.54. The Hall–Kier alpha value is -0.300. The van der Waals surface area contributed by atoms with Crippen molar-refractivity contribution in [2.24, 2.45) is 11.8 Å². The van der Waals surface area contributed by atoms with Crippen LogP contribution in [-0.2, 0) is 0 Å². The Balaban J connectivity index is 3.26. The lowest BCUT2D eigenvalue weighted by atomic mass is 10.1. The van der Waals surface area contributed by atoms with Gasteiger partial charge in [-0.05, 0) is 24.7 Å². The van der Waals surface area contributed by atoms with E-state index >= 15 is 0 Å². The van der Waals surface area contributed by atoms with E-state index in [4.69, 9.17) is 5.11 Å². The molecule has 0 radical (unpaired) electrons. The molecular weight excluding hydrogens is 136 g/mol. The van der Waals surface area contributed by atoms with Gasteiger partial charge in [-0.15, -0.1) is 0 Å². The molecule has 0 amide bonds. The fourth-order valence-electron chi connectivity index (χ4n) is 0.840. The highest BCUT2D eigenvalue weighted by Crippen LogP contribution is 2.05. The largest absolute Gasteiger partial charge is 0.396 e. The molecule has 1 atom stereocenters. The summed E-state index contributed by atoms with van der Waals surface area (Å²) in [6, 6.07) is 0. The Morgan fingerprint density at radius 1 is 1.27 bits per heavy atom. The number of hydrogen-bond donors (Lipinski definition) is 1. The first-order chi connectivity index (χ1) is 5.16. The summed E-state index contributed by atoms with van der Waals surface area (Å²) in [5, 5.41) is 8.72. The Bertz CT molecular complexity index is 105. The van der Waals surface area contributed by atoms with Gasteiger partial charge in [0, 0.05) is 6.61 Å². The summed E-state index contributed by atoms with van der Waals surface area (Å²) in [7, 11) is 0. The topological polar surface area (TPSA) is 20.2 Å². The van der Waals surface area contributed by atoms with E-state index in [1.54, 1.807) is 0 Å². The van der Waals surface area contributed by atoms with E-state index < -0.39 is 0 Å². The van der Waals surface area contributed by atoms with Crippen LogP contribution in [0.2, 0.25) is 0 Å². The molecular formula is C10H20O. The van der Waals surface area contributed by atoms with Gasteiger partial charge in [0.05, 0.1) is 0 Å². The van der Waals surface area contributed by atoms with Gasteiger partial charge in [-0.1, -0.05) is 32.9 Å². The van der Waals surface area contributed by atoms with Crippen LogP contribution in [0.5, 0.6) is 0 Å². The van der Waals surface area contributed by atoms with Crippen molar-refractivity contribution in [3.63, 3.8) is 0 Å². The molecule has 66 valence electrons. The van der Waals surface area contributed by atoms with E-state index in [1.807, 2.05) is 0 Å². The van der Waals surface area contributed by atoms with Gasteiger partial charge in [0.25, 0.3) is 0 Å². The minimum absolute atomic E-state index is 0.315. The van der Waals surface area contributed by atoms with Gasteiger partial charge in [0.1, 0.15) is 0 Å². The summed E-state index contributed by atoms with van der Waals surface area (Å²) in [5.41, 5.74) is 0. The highest BCUT2D eigenvalue weighted by Gasteiger charge is 1.96. The lowest BCUT2D eigenvalue weighted by Gasteiger charge is -2.03. The molecule has 0 rings (SSSR count). The monoisotopic (exact) mass is 156 g/mol. The Morgan fingerprint density at radius 3 is 2.36 bits per heavy atom. The van der Waals surface area contributed by atoms with Crippen molar-refractivity contribution in [1.82, 2.24) is 0 Å². The molecule has 0 bridgehead atoms. The van der Waals surface area contributed by atoms with Crippen molar-refractivity contribution in [2.45, 2.75) is 33.6 Å². The number of aliphatic hydroxyl groups is 1. The first-order valence-corrected chi connectivity index (χ1v) is 4.44. The maximum atomic E-state index is 8.72. The molecule has 0 saturated heterocycles. The Labute approximate surface area is 70.1 Å². The summed E-state index contributed by atoms with van der Waals surface area (Å²) in [4.78, 5) is 0. The standard InChI is InChI=1S/C10H20O/c1-9(2)6-4-5-7-10(3)8-11/h4,6,9-11H,5,7-8H2,1-3H3/t10-/m0/s1. The van der Waals surface area contributed by atoms with E-state index in [-0.39, 0.29) is 0 Å². The number of hydrogen-bond acceptors (Lipinski definition) is 1. The maximum Gasteiger partial charge on any atom is 0.0456 e. The predicted molar refractivity (Wildman–Crippen MR) is 49.5 cm³/mol. The number of rotatable bonds is 5. The molecule has 0 saturated carbocycles. The summed E-state index contributed by atoms with van der Waals surface area (Å²) in [6.45, 7) is 6.73. The van der Waals surface area contributed by atoms with Gasteiger partial charge in [0.15, 0.2) is 0 Å². The lowest BCUT2D eigenvalue weighted by Crippen LogP contribution is -1.98. The third kappa shape index (κ3) is 7.60. The molecule has 0 fully saturated rings. The molecule has 1 nitrogen and oxygen atoms in total. The third-order valence-electron chi connectivity index (χ3n) is 1.66. The highest BCUT2D eigenvalue weighted by atomic mass is 16.3. The molecule has 0 spiro atoms. The SMILES string of the molecule is CC(C)C=CCC[C@H](C)CO. The molecule has 0 aromatic heterocycles. The van der Waals surface area contributed by atoms with Crippen molar-refractivity contribution in [3.8, 4) is 0 Å². The van der Waals surface area contributed by atoms with Crippen LogP contribution in [0.1, 0.15) is 33.6 Å². The van der Waals surface area contributed by atoms with Gasteiger partial charge in [-0.2, -0.15) is 0 Å². The van der Waals surface area contributed by atoms with Gasteiger partial charge in [-0.25, -0.2) is 0 Å². The first-order valence-electron chi connectivity index (χ1n) is 4.44. The van der Waals surface area contributed by atoms with E-state index in [0.29, 0.717) is 18.4 Å². The molecule has 0 aliphatic rings. The van der Waals surface area contributed by atoms with Crippen LogP contribution in [0.25, 0.3) is 0 Å². The fourth-order valence-corrected chi connectivity index (χ4v) is 0.840. The maximum absolute atomic E-state index is 8.72. The average molecular weight is 156 g/mol. The molecule has 11 heavy (non-hydrogen) atoms. The van der Waals surface area contributed by atoms with E-state index in [0.717, 1.165) is 12.8 Å². The second kappa shape index (κ2) is 6.41. The molecule has 0 aliphatic carbocycles. The van der Waals surface area contributed by atoms with Crippen molar-refractivity contribution in [1.29, 1.82) is 0 Å². The van der Waals surface area contributed by atoms with Crippen LogP contribution in [0.3, 0.4) is 0 Å². The summed E-state index contributed by atoms with van der Waals surface area (Å²) in [5.74, 6) is 1.10. The van der Waals surface area contributed by atoms with Gasteiger partial charge < -0.3 is 5.11 Å². The van der Waals surface area contributed by atoms with Crippen LogP contribution in [-0.4, -0.2) is 11.7 Å². The highest BCUT2D eigenvalue weighted by molar-refractivity contribution is 4.84. The minimum Gasteiger partial charge on any atom is -0.396 e. The van der Waals surface area contributed by atoms with Crippen molar-refractivity contribution in [2.75, 3.05) is 6.61 Å². The Morgan fingerprint density at radius 2 is 1.91 bits per heavy atom. The van der Waals surface area contributed by atoms with Crippen LogP contribution >= 0.6 is 0 Å². The number of allylic oxidation sites excluding steroid dienone is 2. The van der Waals surface area contributed by atoms with E-state index in [2.05, 4.69) is 32.9 Å². The molecule has 0 unspecified atom stereocenters. The molecule has 1 heteroatoms. The van der Waals surface area contributed by atoms with Crippen molar-refractivity contribution < 1.29 is 5.11 Å². The smallest absolute Gasteiger partial charge is 0.0456 e. The third-order valence-corrected chi connectivity index (χ3v) is 1.66. The van der Waals surface area contributed by atoms with Crippen LogP contribution in [0.4, 0.5) is 0 Å². The summed E-state index contributed by atoms with van der Waals surface area (Å²) >= 11 is 0. The normalized spacial score (nSPS) is 14.6. The first kappa shape index (κ1) is 10.7. The second-order valence-corrected chi connectivity index (χ2v) is 3.54. The van der Waals surface area contributed by atoms with Gasteiger partial charge in [0.2, 0.25) is 0 Å². The summed E-state index contributed by atoms with van der Waals surface area (Å²) in [6.07, 6.45) is 6.61. The van der Waals surface area contributed by atoms with E-state index in [1.165, 1.54) is 0 Å². The summed E-state index contributed by atoms with van der Waals surface area (Å²) < 4.78 is 0. The number of aliphatic hydroxyl groups excluding tert-OH is 1. The Kier molecular flexibility index (Phi) is 6.24. The molecule has 0 aromatic rings. The van der Waals surface area contributed by atoms with E-state index in [9.17, 15) is 0 Å². The van der Waals surface area contributed by atoms with Gasteiger partial charge in [-0.3, -0.25) is 0 Å². The average Bonchev–Trinajstić information content (AvgIpc) is 1.97. The molecule has 0 aliphatic heterocycles. The van der Waals surface area contributed by atoms with Crippen LogP contribution in [0.15, 0.2) is 12.2 Å². The molecule has 1 N–H and O–H groups in total. The van der Waals surface area contributed by atoms with Crippen molar-refractivity contribution in [3.05, 3.63) is 12.2 Å². The minimum atomic E-state index is 0.315. The molecule has 0 heterocycles. The zero-order valence-corrected chi connectivity index (χ0v) is 7.88. The van der Waals surface area contributed by atoms with Crippen molar-refractivity contribution >= 4 is 0 Å². The zero-order valence-electron chi connectivity index (χ0n) is 7.88. The predicted octanol–water partition coefficient (Wildman–Crippen LogP) is 2.61. The quantitative estimate of drug-likeness (QED) is 0.607. The lowest BCUT2D eigenvalue weighted by molar-refractivity contribution is 0.231. The van der Waals surface area contributed by atoms with Crippen LogP contribution < -0.4 is 0 Å². The van der Waals surface area contributed by atoms with Crippen LogP contribution in [0, 0.1) is 11.8 Å². The molecule has 0 aromatic carbocycles. The van der Waals surface area contributed by atoms with Gasteiger partial charge >= 0.3 is 0 Å².